The van der Waals surface area contributed by atoms with Gasteiger partial charge in [-0.3, -0.25) is 4.79 Å². The number of aromatic nitrogens is 1. The van der Waals surface area contributed by atoms with Crippen molar-refractivity contribution in [2.45, 2.75) is 32.2 Å². The Bertz CT molecular complexity index is 712. The molecular weight excluding hydrogens is 282 g/mol. The van der Waals surface area contributed by atoms with Crippen molar-refractivity contribution in [2.24, 2.45) is 0 Å². The summed E-state index contributed by atoms with van der Waals surface area (Å²) in [4.78, 5) is 15.6. The third kappa shape index (κ3) is 2.55. The van der Waals surface area contributed by atoms with Crippen molar-refractivity contribution in [3.05, 3.63) is 46.5 Å². The number of carbonyl (C=O) groups excluding carboxylic acids is 1. The molecule has 4 nitrogen and oxygen atoms in total. The summed E-state index contributed by atoms with van der Waals surface area (Å²) in [6.07, 6.45) is 3.09. The number of hydrogen-bond acceptors (Lipinski definition) is 4. The molecule has 1 aliphatic rings. The van der Waals surface area contributed by atoms with E-state index in [9.17, 15) is 10.1 Å². The van der Waals surface area contributed by atoms with Crippen molar-refractivity contribution in [1.29, 1.82) is 5.26 Å². The Labute approximate surface area is 127 Å². The van der Waals surface area contributed by atoms with Crippen molar-refractivity contribution in [3.8, 4) is 6.07 Å². The van der Waals surface area contributed by atoms with Crippen LogP contribution in [0.5, 0.6) is 0 Å². The summed E-state index contributed by atoms with van der Waals surface area (Å²) >= 11 is 1.33. The third-order valence-corrected chi connectivity index (χ3v) is 4.48. The molecule has 1 aliphatic carbocycles. The molecule has 5 heteroatoms. The Morgan fingerprint density at radius 1 is 1.43 bits per heavy atom. The van der Waals surface area contributed by atoms with Crippen LogP contribution in [0.25, 0.3) is 0 Å². The molecule has 0 bridgehead atoms. The Morgan fingerprint density at radius 2 is 2.19 bits per heavy atom. The van der Waals surface area contributed by atoms with Crippen LogP contribution in [0.4, 0.5) is 5.69 Å². The fraction of sp³-hybridized carbons (Fsp3) is 0.312. The van der Waals surface area contributed by atoms with Crippen LogP contribution in [-0.2, 0) is 0 Å². The zero-order chi connectivity index (χ0) is 14.8. The highest BCUT2D eigenvalue weighted by Crippen LogP contribution is 2.33. The molecule has 1 aromatic heterocycles. The minimum Gasteiger partial charge on any atom is -0.303 e. The lowest BCUT2D eigenvalue weighted by molar-refractivity contribution is 0.0960. The Hall–Kier alpha value is -2.19. The van der Waals surface area contributed by atoms with Crippen molar-refractivity contribution >= 4 is 23.1 Å². The molecule has 21 heavy (non-hydrogen) atoms. The van der Waals surface area contributed by atoms with Crippen LogP contribution >= 0.6 is 11.5 Å². The van der Waals surface area contributed by atoms with E-state index in [4.69, 9.17) is 0 Å². The molecule has 3 rings (SSSR count). The molecule has 0 radical (unpaired) electrons. The van der Waals surface area contributed by atoms with Gasteiger partial charge in [0.1, 0.15) is 11.8 Å². The Kier molecular flexibility index (Phi) is 3.72. The minimum atomic E-state index is -0.105. The van der Waals surface area contributed by atoms with Gasteiger partial charge in [-0.2, -0.15) is 9.64 Å². The summed E-state index contributed by atoms with van der Waals surface area (Å²) in [6, 6.07) is 11.4. The van der Waals surface area contributed by atoms with Gasteiger partial charge < -0.3 is 4.90 Å². The molecule has 0 spiro atoms. The van der Waals surface area contributed by atoms with Crippen LogP contribution in [0, 0.1) is 18.3 Å². The lowest BCUT2D eigenvalue weighted by Crippen LogP contribution is -2.45. The van der Waals surface area contributed by atoms with Gasteiger partial charge in [-0.05, 0) is 55.9 Å². The van der Waals surface area contributed by atoms with Gasteiger partial charge in [-0.1, -0.05) is 12.1 Å². The number of nitriles is 1. The van der Waals surface area contributed by atoms with Crippen LogP contribution in [0.3, 0.4) is 0 Å². The summed E-state index contributed by atoms with van der Waals surface area (Å²) in [7, 11) is 0. The van der Waals surface area contributed by atoms with Gasteiger partial charge >= 0.3 is 0 Å². The zero-order valence-electron chi connectivity index (χ0n) is 11.7. The van der Waals surface area contributed by atoms with Gasteiger partial charge in [-0.25, -0.2) is 0 Å². The van der Waals surface area contributed by atoms with Crippen LogP contribution in [0.1, 0.15) is 40.2 Å². The van der Waals surface area contributed by atoms with Crippen molar-refractivity contribution in [1.82, 2.24) is 4.37 Å². The van der Waals surface area contributed by atoms with E-state index in [-0.39, 0.29) is 11.9 Å². The van der Waals surface area contributed by atoms with Gasteiger partial charge in [0.15, 0.2) is 0 Å². The maximum Gasteiger partial charge on any atom is 0.278 e. The second-order valence-corrected chi connectivity index (χ2v) is 6.22. The fourth-order valence-electron chi connectivity index (χ4n) is 2.49. The predicted octanol–water partition coefficient (Wildman–Crippen LogP) is 3.52. The van der Waals surface area contributed by atoms with E-state index in [0.717, 1.165) is 24.1 Å². The number of hydrogen-bond donors (Lipinski definition) is 0. The molecule has 1 heterocycles. The molecule has 1 amide bonds. The highest BCUT2D eigenvalue weighted by atomic mass is 32.1. The van der Waals surface area contributed by atoms with Crippen molar-refractivity contribution in [2.75, 3.05) is 4.90 Å². The first kappa shape index (κ1) is 13.8. The highest BCUT2D eigenvalue weighted by Gasteiger charge is 2.32. The quantitative estimate of drug-likeness (QED) is 0.871. The van der Waals surface area contributed by atoms with Gasteiger partial charge in [0, 0.05) is 10.9 Å². The molecule has 0 unspecified atom stereocenters. The van der Waals surface area contributed by atoms with Gasteiger partial charge in [0.2, 0.25) is 0 Å². The van der Waals surface area contributed by atoms with E-state index < -0.39 is 0 Å². The number of aryl methyl sites for hydroxylation is 1. The summed E-state index contributed by atoms with van der Waals surface area (Å²) in [5.74, 6) is -0.105. The molecule has 0 aliphatic heterocycles. The molecule has 1 fully saturated rings. The average Bonchev–Trinajstić information content (AvgIpc) is 2.88. The topological polar surface area (TPSA) is 57.0 Å². The average molecular weight is 297 g/mol. The smallest absolute Gasteiger partial charge is 0.278 e. The first-order valence-corrected chi connectivity index (χ1v) is 7.74. The number of rotatable bonds is 3. The van der Waals surface area contributed by atoms with E-state index in [1.807, 2.05) is 31.2 Å². The number of para-hydroxylation sites is 1. The number of nitrogens with zero attached hydrogens (tertiary/aromatic N) is 3. The van der Waals surface area contributed by atoms with Crippen LogP contribution < -0.4 is 4.90 Å². The van der Waals surface area contributed by atoms with Crippen molar-refractivity contribution < 1.29 is 4.79 Å². The maximum atomic E-state index is 12.8. The van der Waals surface area contributed by atoms with E-state index in [2.05, 4.69) is 10.4 Å². The number of carbonyl (C=O) groups is 1. The molecule has 0 saturated heterocycles. The number of amides is 1. The SMILES string of the molecule is Cc1cc(C(=O)N(c2ccccc2C#N)C2CCC2)ns1. The first-order valence-electron chi connectivity index (χ1n) is 6.96. The van der Waals surface area contributed by atoms with E-state index >= 15 is 0 Å². The van der Waals surface area contributed by atoms with E-state index in [0.29, 0.717) is 16.9 Å². The molecule has 2 aromatic rings. The highest BCUT2D eigenvalue weighted by molar-refractivity contribution is 7.05. The lowest BCUT2D eigenvalue weighted by atomic mass is 9.90. The number of benzene rings is 1. The molecule has 1 saturated carbocycles. The summed E-state index contributed by atoms with van der Waals surface area (Å²) in [6.45, 7) is 1.94. The molecule has 0 N–H and O–H groups in total. The van der Waals surface area contributed by atoms with Gasteiger partial charge in [-0.15, -0.1) is 0 Å². The normalized spacial score (nSPS) is 14.3. The second-order valence-electron chi connectivity index (χ2n) is 5.21. The number of anilines is 1. The fourth-order valence-corrected chi connectivity index (χ4v) is 3.02. The molecular formula is C16H15N3OS. The Morgan fingerprint density at radius 3 is 2.76 bits per heavy atom. The lowest BCUT2D eigenvalue weighted by Gasteiger charge is -2.37. The molecule has 1 aromatic carbocycles. The summed E-state index contributed by atoms with van der Waals surface area (Å²) < 4.78 is 4.23. The standard InChI is InChI=1S/C16H15N3OS/c1-11-9-14(18-21-11)16(20)19(13-6-4-7-13)15-8-3-2-5-12(15)10-17/h2-3,5,8-9,13H,4,6-7H2,1H3. The maximum absolute atomic E-state index is 12.8. The second kappa shape index (κ2) is 5.66. The summed E-state index contributed by atoms with van der Waals surface area (Å²) in [5, 5.41) is 9.29. The van der Waals surface area contributed by atoms with Crippen LogP contribution in [0.15, 0.2) is 30.3 Å². The van der Waals surface area contributed by atoms with Crippen molar-refractivity contribution in [3.63, 3.8) is 0 Å². The third-order valence-electron chi connectivity index (χ3n) is 3.79. The minimum absolute atomic E-state index is 0.105. The molecule has 106 valence electrons. The van der Waals surface area contributed by atoms with Gasteiger partial charge in [0.25, 0.3) is 5.91 Å². The van der Waals surface area contributed by atoms with Crippen LogP contribution in [0.2, 0.25) is 0 Å². The zero-order valence-corrected chi connectivity index (χ0v) is 12.6. The van der Waals surface area contributed by atoms with E-state index in [1.165, 1.54) is 11.5 Å². The van der Waals surface area contributed by atoms with Crippen LogP contribution in [-0.4, -0.2) is 16.3 Å². The van der Waals surface area contributed by atoms with Gasteiger partial charge in [0.05, 0.1) is 11.3 Å². The predicted molar refractivity (Wildman–Crippen MR) is 82.5 cm³/mol. The Balaban J connectivity index is 2.02. The largest absolute Gasteiger partial charge is 0.303 e. The molecule has 0 atom stereocenters. The van der Waals surface area contributed by atoms with E-state index in [1.54, 1.807) is 11.0 Å². The first-order chi connectivity index (χ1) is 10.2. The monoisotopic (exact) mass is 297 g/mol. The summed E-state index contributed by atoms with van der Waals surface area (Å²) in [5.41, 5.74) is 1.70.